The predicted molar refractivity (Wildman–Crippen MR) is 58.4 cm³/mol. The molecule has 0 atom stereocenters. The summed E-state index contributed by atoms with van der Waals surface area (Å²) in [6, 6.07) is 7.68. The first-order valence-corrected chi connectivity index (χ1v) is 4.72. The standard InChI is InChI=1S/C11H7N3O2/c15-11(16)10-12-5-7-6-3-1-2-4-8(6)13-9(7)14-10/h1-5H,(H,15,16)(H,12,13,14). The summed E-state index contributed by atoms with van der Waals surface area (Å²) in [6.07, 6.45) is 1.53. The van der Waals surface area contributed by atoms with Gasteiger partial charge in [0, 0.05) is 22.5 Å². The minimum Gasteiger partial charge on any atom is -0.475 e. The van der Waals surface area contributed by atoms with Gasteiger partial charge in [0.2, 0.25) is 5.82 Å². The average molecular weight is 213 g/mol. The van der Waals surface area contributed by atoms with Crippen LogP contribution in [0.15, 0.2) is 30.5 Å². The molecule has 5 nitrogen and oxygen atoms in total. The van der Waals surface area contributed by atoms with E-state index in [1.54, 1.807) is 0 Å². The van der Waals surface area contributed by atoms with Crippen LogP contribution < -0.4 is 0 Å². The molecule has 0 saturated carbocycles. The van der Waals surface area contributed by atoms with Gasteiger partial charge in [-0.25, -0.2) is 14.8 Å². The fourth-order valence-corrected chi connectivity index (χ4v) is 1.73. The van der Waals surface area contributed by atoms with E-state index in [0.29, 0.717) is 5.65 Å². The van der Waals surface area contributed by atoms with Crippen LogP contribution >= 0.6 is 0 Å². The highest BCUT2D eigenvalue weighted by Crippen LogP contribution is 2.22. The number of aromatic carboxylic acids is 1. The Balaban J connectivity index is 2.41. The summed E-state index contributed by atoms with van der Waals surface area (Å²) in [7, 11) is 0. The number of aromatic amines is 1. The van der Waals surface area contributed by atoms with E-state index in [2.05, 4.69) is 15.0 Å². The lowest BCUT2D eigenvalue weighted by Crippen LogP contribution is -2.03. The molecule has 0 radical (unpaired) electrons. The molecule has 3 rings (SSSR count). The molecule has 0 aliphatic rings. The molecule has 16 heavy (non-hydrogen) atoms. The summed E-state index contributed by atoms with van der Waals surface area (Å²) in [5.41, 5.74) is 1.47. The van der Waals surface area contributed by atoms with Crippen LogP contribution in [-0.2, 0) is 0 Å². The van der Waals surface area contributed by atoms with Gasteiger partial charge in [-0.1, -0.05) is 18.2 Å². The molecule has 0 fully saturated rings. The summed E-state index contributed by atoms with van der Waals surface area (Å²) in [5, 5.41) is 10.6. The summed E-state index contributed by atoms with van der Waals surface area (Å²) < 4.78 is 0. The Hall–Kier alpha value is -2.43. The van der Waals surface area contributed by atoms with E-state index in [4.69, 9.17) is 5.11 Å². The minimum absolute atomic E-state index is 0.195. The number of rotatable bonds is 1. The van der Waals surface area contributed by atoms with Gasteiger partial charge < -0.3 is 10.1 Å². The van der Waals surface area contributed by atoms with E-state index in [9.17, 15) is 4.79 Å². The molecule has 0 bridgehead atoms. The molecule has 0 spiro atoms. The normalized spacial score (nSPS) is 11.0. The van der Waals surface area contributed by atoms with Crippen LogP contribution in [0.1, 0.15) is 10.6 Å². The van der Waals surface area contributed by atoms with Crippen molar-refractivity contribution < 1.29 is 9.90 Å². The van der Waals surface area contributed by atoms with Crippen molar-refractivity contribution in [1.29, 1.82) is 0 Å². The molecule has 5 heteroatoms. The van der Waals surface area contributed by atoms with Crippen LogP contribution in [-0.4, -0.2) is 26.0 Å². The SMILES string of the molecule is O=C(O)c1ncc2c(n1)[nH]c1ccccc12. The molecule has 0 unspecified atom stereocenters. The number of hydrogen-bond donors (Lipinski definition) is 2. The number of fused-ring (bicyclic) bond motifs is 3. The van der Waals surface area contributed by atoms with E-state index in [-0.39, 0.29) is 5.82 Å². The number of carboxylic acids is 1. The van der Waals surface area contributed by atoms with Gasteiger partial charge in [-0.2, -0.15) is 0 Å². The topological polar surface area (TPSA) is 78.9 Å². The Kier molecular flexibility index (Phi) is 1.67. The van der Waals surface area contributed by atoms with E-state index in [1.807, 2.05) is 24.3 Å². The number of carboxylic acid groups (broad SMARTS) is 1. The van der Waals surface area contributed by atoms with Gasteiger partial charge in [0.1, 0.15) is 5.65 Å². The Bertz CT molecular complexity index is 703. The number of hydrogen-bond acceptors (Lipinski definition) is 3. The largest absolute Gasteiger partial charge is 0.475 e. The summed E-state index contributed by atoms with van der Waals surface area (Å²) >= 11 is 0. The lowest BCUT2D eigenvalue weighted by atomic mass is 10.2. The quantitative estimate of drug-likeness (QED) is 0.646. The third-order valence-corrected chi connectivity index (χ3v) is 2.45. The van der Waals surface area contributed by atoms with Crippen molar-refractivity contribution in [3.8, 4) is 0 Å². The van der Waals surface area contributed by atoms with Crippen LogP contribution in [0.2, 0.25) is 0 Å². The van der Waals surface area contributed by atoms with Gasteiger partial charge >= 0.3 is 5.97 Å². The molecule has 1 aromatic carbocycles. The molecule has 0 saturated heterocycles. The van der Waals surface area contributed by atoms with E-state index < -0.39 is 5.97 Å². The Morgan fingerprint density at radius 2 is 2.06 bits per heavy atom. The van der Waals surface area contributed by atoms with Gasteiger partial charge in [0.15, 0.2) is 0 Å². The zero-order chi connectivity index (χ0) is 11.1. The monoisotopic (exact) mass is 213 g/mol. The molecular formula is C11H7N3O2. The Labute approximate surface area is 89.8 Å². The lowest BCUT2D eigenvalue weighted by Gasteiger charge is -1.92. The maximum Gasteiger partial charge on any atom is 0.374 e. The maximum atomic E-state index is 10.7. The zero-order valence-electron chi connectivity index (χ0n) is 8.14. The second-order valence-electron chi connectivity index (χ2n) is 3.43. The number of benzene rings is 1. The van der Waals surface area contributed by atoms with E-state index in [0.717, 1.165) is 16.3 Å². The highest BCUT2D eigenvalue weighted by atomic mass is 16.4. The third-order valence-electron chi connectivity index (χ3n) is 2.45. The predicted octanol–water partition coefficient (Wildman–Crippen LogP) is 1.81. The first-order valence-electron chi connectivity index (χ1n) is 4.72. The number of nitrogens with zero attached hydrogens (tertiary/aromatic N) is 2. The van der Waals surface area contributed by atoms with Crippen molar-refractivity contribution in [3.63, 3.8) is 0 Å². The fraction of sp³-hybridized carbons (Fsp3) is 0. The molecular weight excluding hydrogens is 206 g/mol. The summed E-state index contributed by atoms with van der Waals surface area (Å²) in [4.78, 5) is 21.5. The van der Waals surface area contributed by atoms with Gasteiger partial charge in [-0.15, -0.1) is 0 Å². The molecule has 78 valence electrons. The molecule has 2 N–H and O–H groups in total. The molecule has 0 aliphatic carbocycles. The van der Waals surface area contributed by atoms with Crippen LogP contribution in [0, 0.1) is 0 Å². The van der Waals surface area contributed by atoms with Crippen molar-refractivity contribution >= 4 is 27.9 Å². The lowest BCUT2D eigenvalue weighted by molar-refractivity contribution is 0.0684. The second kappa shape index (κ2) is 3.03. The summed E-state index contributed by atoms with van der Waals surface area (Å²) in [5.74, 6) is -1.32. The Morgan fingerprint density at radius 3 is 2.88 bits per heavy atom. The minimum atomic E-state index is -1.12. The fourth-order valence-electron chi connectivity index (χ4n) is 1.73. The van der Waals surface area contributed by atoms with Crippen molar-refractivity contribution in [3.05, 3.63) is 36.3 Å². The van der Waals surface area contributed by atoms with E-state index >= 15 is 0 Å². The molecule has 3 aromatic rings. The van der Waals surface area contributed by atoms with Crippen molar-refractivity contribution in [1.82, 2.24) is 15.0 Å². The van der Waals surface area contributed by atoms with Crippen LogP contribution in [0.3, 0.4) is 0 Å². The average Bonchev–Trinajstić information content (AvgIpc) is 2.66. The van der Waals surface area contributed by atoms with Crippen molar-refractivity contribution in [2.75, 3.05) is 0 Å². The first-order chi connectivity index (χ1) is 7.75. The van der Waals surface area contributed by atoms with Crippen LogP contribution in [0.25, 0.3) is 21.9 Å². The first kappa shape index (κ1) is 8.84. The highest BCUT2D eigenvalue weighted by Gasteiger charge is 2.10. The van der Waals surface area contributed by atoms with Gasteiger partial charge in [-0.3, -0.25) is 0 Å². The van der Waals surface area contributed by atoms with Crippen LogP contribution in [0.5, 0.6) is 0 Å². The van der Waals surface area contributed by atoms with Crippen molar-refractivity contribution in [2.45, 2.75) is 0 Å². The number of H-pyrrole nitrogens is 1. The number of para-hydroxylation sites is 1. The van der Waals surface area contributed by atoms with Crippen molar-refractivity contribution in [2.24, 2.45) is 0 Å². The van der Waals surface area contributed by atoms with Gasteiger partial charge in [-0.05, 0) is 6.07 Å². The number of nitrogens with one attached hydrogen (secondary N) is 1. The molecule has 0 aliphatic heterocycles. The van der Waals surface area contributed by atoms with E-state index in [1.165, 1.54) is 6.20 Å². The van der Waals surface area contributed by atoms with Crippen LogP contribution in [0.4, 0.5) is 0 Å². The molecule has 2 heterocycles. The number of aromatic nitrogens is 3. The summed E-state index contributed by atoms with van der Waals surface area (Å²) in [6.45, 7) is 0. The van der Waals surface area contributed by atoms with Gasteiger partial charge in [0.05, 0.1) is 0 Å². The molecule has 2 aromatic heterocycles. The number of carbonyl (C=O) groups is 1. The second-order valence-corrected chi connectivity index (χ2v) is 3.43. The van der Waals surface area contributed by atoms with Gasteiger partial charge in [0.25, 0.3) is 0 Å². The smallest absolute Gasteiger partial charge is 0.374 e. The molecule has 0 amide bonds. The third kappa shape index (κ3) is 1.15. The Morgan fingerprint density at radius 1 is 1.25 bits per heavy atom. The highest BCUT2D eigenvalue weighted by molar-refractivity contribution is 6.05. The zero-order valence-corrected chi connectivity index (χ0v) is 8.14. The maximum absolute atomic E-state index is 10.7.